The van der Waals surface area contributed by atoms with E-state index in [1.54, 1.807) is 13.3 Å². The number of aromatic nitrogens is 4. The van der Waals surface area contributed by atoms with Gasteiger partial charge in [0.2, 0.25) is 0 Å². The van der Waals surface area contributed by atoms with E-state index in [0.29, 0.717) is 29.0 Å². The number of hydrogen-bond donors (Lipinski definition) is 2. The average molecular weight is 610 g/mol. The van der Waals surface area contributed by atoms with Crippen LogP contribution in [-0.2, 0) is 6.54 Å². The van der Waals surface area contributed by atoms with Crippen molar-refractivity contribution in [1.29, 1.82) is 0 Å². The highest BCUT2D eigenvalue weighted by Gasteiger charge is 2.22. The number of nitrogens with one attached hydrogen (secondary N) is 1. The maximum absolute atomic E-state index is 11.7. The predicted octanol–water partition coefficient (Wildman–Crippen LogP) is 6.63. The van der Waals surface area contributed by atoms with Crippen molar-refractivity contribution in [3.8, 4) is 34.1 Å². The third-order valence-electron chi connectivity index (χ3n) is 8.61. The summed E-state index contributed by atoms with van der Waals surface area (Å²) in [5.74, 6) is 1.72. The third-order valence-corrected chi connectivity index (χ3v) is 8.61. The first kappa shape index (κ1) is 29.2. The highest BCUT2D eigenvalue weighted by Crippen LogP contribution is 2.32. The maximum Gasteiger partial charge on any atom is 0.165 e. The Morgan fingerprint density at radius 1 is 0.913 bits per heavy atom. The first-order valence-electron chi connectivity index (χ1n) is 15.5. The van der Waals surface area contributed by atoms with Crippen molar-refractivity contribution in [1.82, 2.24) is 24.4 Å². The lowest BCUT2D eigenvalue weighted by Gasteiger charge is -2.33. The fourth-order valence-electron chi connectivity index (χ4n) is 6.19. The molecule has 0 saturated carbocycles. The van der Waals surface area contributed by atoms with Gasteiger partial charge in [0.1, 0.15) is 17.1 Å². The summed E-state index contributed by atoms with van der Waals surface area (Å²) >= 11 is 0. The van der Waals surface area contributed by atoms with E-state index in [2.05, 4.69) is 56.2 Å². The Kier molecular flexibility index (Phi) is 8.14. The van der Waals surface area contributed by atoms with Gasteiger partial charge < -0.3 is 15.8 Å². The molecule has 3 aromatic heterocycles. The molecule has 0 bridgehead atoms. The number of ether oxygens (including phenoxy) is 1. The molecule has 6 aromatic rings. The molecule has 4 heterocycles. The number of benzene rings is 3. The number of piperidine rings is 1. The molecule has 1 aliphatic rings. The second-order valence-corrected chi connectivity index (χ2v) is 11.5. The molecule has 1 fully saturated rings. The lowest BCUT2D eigenvalue weighted by Crippen LogP contribution is -2.38. The molecule has 0 amide bonds. The molecule has 7 rings (SSSR count). The number of aldehydes is 1. The molecule has 3 aromatic carbocycles. The zero-order valence-electron chi connectivity index (χ0n) is 25.6. The molecule has 3 N–H and O–H groups in total. The average Bonchev–Trinajstić information content (AvgIpc) is 3.48. The zero-order valence-corrected chi connectivity index (χ0v) is 25.6. The van der Waals surface area contributed by atoms with Crippen molar-refractivity contribution in [2.24, 2.45) is 0 Å². The van der Waals surface area contributed by atoms with Gasteiger partial charge in [-0.1, -0.05) is 48.5 Å². The minimum absolute atomic E-state index is 0.297. The molecule has 9 heteroatoms. The second kappa shape index (κ2) is 12.8. The van der Waals surface area contributed by atoms with Crippen LogP contribution in [0.25, 0.3) is 39.5 Å². The summed E-state index contributed by atoms with van der Waals surface area (Å²) in [6.45, 7) is 2.78. The summed E-state index contributed by atoms with van der Waals surface area (Å²) in [5.41, 5.74) is 14.1. The fourth-order valence-corrected chi connectivity index (χ4v) is 6.19. The van der Waals surface area contributed by atoms with Crippen LogP contribution in [0.2, 0.25) is 0 Å². The van der Waals surface area contributed by atoms with Gasteiger partial charge in [-0.15, -0.1) is 0 Å². The Hall–Kier alpha value is -5.54. The van der Waals surface area contributed by atoms with Crippen molar-refractivity contribution in [3.63, 3.8) is 0 Å². The molecule has 46 heavy (non-hydrogen) atoms. The van der Waals surface area contributed by atoms with Crippen LogP contribution in [0.5, 0.6) is 5.75 Å². The third kappa shape index (κ3) is 5.80. The number of likely N-dealkylation sites (tertiary alicyclic amines) is 1. The van der Waals surface area contributed by atoms with E-state index in [1.165, 1.54) is 5.56 Å². The highest BCUT2D eigenvalue weighted by atomic mass is 16.5. The van der Waals surface area contributed by atoms with Crippen molar-refractivity contribution in [3.05, 3.63) is 114 Å². The monoisotopic (exact) mass is 609 g/mol. The van der Waals surface area contributed by atoms with E-state index < -0.39 is 0 Å². The molecule has 230 valence electrons. The van der Waals surface area contributed by atoms with E-state index in [4.69, 9.17) is 20.4 Å². The van der Waals surface area contributed by atoms with Crippen LogP contribution in [0.15, 0.2) is 103 Å². The zero-order chi connectivity index (χ0) is 31.5. The Balaban J connectivity index is 1.11. The second-order valence-electron chi connectivity index (χ2n) is 11.5. The Labute approximate surface area is 267 Å². The standard InChI is InChI=1S/C37H35N7O2/c1-46-34-11-5-10-32(30(34)24-45)40-27-18-21-43(22-19-27)23-25-12-14-28(15-13-25)44-36(29-9-6-20-39-35(29)38)42-33-17-16-31(41-37(33)44)26-7-3-2-4-8-26/h2-17,20,24,27,40H,18-19,21-23H2,1H3,(H2,38,39). The number of carbonyl (C=O) groups is 1. The molecule has 0 spiro atoms. The number of pyridine rings is 2. The first-order chi connectivity index (χ1) is 22.6. The number of rotatable bonds is 9. The van der Waals surface area contributed by atoms with E-state index in [-0.39, 0.29) is 0 Å². The van der Waals surface area contributed by atoms with E-state index >= 15 is 0 Å². The van der Waals surface area contributed by atoms with Crippen molar-refractivity contribution in [2.45, 2.75) is 25.4 Å². The molecule has 0 radical (unpaired) electrons. The van der Waals surface area contributed by atoms with Crippen LogP contribution in [0.3, 0.4) is 0 Å². The van der Waals surface area contributed by atoms with Crippen LogP contribution in [0.1, 0.15) is 28.8 Å². The number of imidazole rings is 1. The van der Waals surface area contributed by atoms with Gasteiger partial charge in [-0.3, -0.25) is 14.3 Å². The summed E-state index contributed by atoms with van der Waals surface area (Å²) in [5, 5.41) is 3.57. The Morgan fingerprint density at radius 2 is 1.72 bits per heavy atom. The number of nitrogen functional groups attached to an aromatic ring is 1. The van der Waals surface area contributed by atoms with Gasteiger partial charge in [0.25, 0.3) is 0 Å². The Morgan fingerprint density at radius 3 is 2.46 bits per heavy atom. The van der Waals surface area contributed by atoms with Crippen molar-refractivity contribution < 1.29 is 9.53 Å². The van der Waals surface area contributed by atoms with E-state index in [9.17, 15) is 4.79 Å². The normalized spacial score (nSPS) is 13.9. The largest absolute Gasteiger partial charge is 0.496 e. The van der Waals surface area contributed by atoms with Crippen LogP contribution in [-0.4, -0.2) is 56.9 Å². The summed E-state index contributed by atoms with van der Waals surface area (Å²) in [7, 11) is 1.59. The number of fused-ring (bicyclic) bond motifs is 1. The van der Waals surface area contributed by atoms with Gasteiger partial charge in [-0.25, -0.2) is 15.0 Å². The van der Waals surface area contributed by atoms with Gasteiger partial charge in [0.15, 0.2) is 17.8 Å². The van der Waals surface area contributed by atoms with Crippen LogP contribution in [0.4, 0.5) is 11.5 Å². The van der Waals surface area contributed by atoms with Gasteiger partial charge in [0.05, 0.1) is 23.9 Å². The van der Waals surface area contributed by atoms with E-state index in [0.717, 1.165) is 78.1 Å². The fraction of sp³-hybridized carbons (Fsp3) is 0.189. The predicted molar refractivity (Wildman–Crippen MR) is 182 cm³/mol. The number of nitrogens with zero attached hydrogens (tertiary/aromatic N) is 5. The van der Waals surface area contributed by atoms with Gasteiger partial charge in [-0.05, 0) is 66.9 Å². The van der Waals surface area contributed by atoms with Crippen LogP contribution in [0, 0.1) is 0 Å². The molecular weight excluding hydrogens is 574 g/mol. The first-order valence-corrected chi connectivity index (χ1v) is 15.5. The number of methoxy groups -OCH3 is 1. The summed E-state index contributed by atoms with van der Waals surface area (Å²) in [4.78, 5) is 28.5. The number of carbonyl (C=O) groups excluding carboxylic acids is 1. The molecule has 9 nitrogen and oxygen atoms in total. The molecule has 1 saturated heterocycles. The van der Waals surface area contributed by atoms with Crippen LogP contribution >= 0.6 is 0 Å². The molecule has 0 atom stereocenters. The lowest BCUT2D eigenvalue weighted by atomic mass is 10.0. The highest BCUT2D eigenvalue weighted by molar-refractivity contribution is 5.88. The molecule has 1 aliphatic heterocycles. The lowest BCUT2D eigenvalue weighted by molar-refractivity contribution is 0.112. The molecular formula is C37H35N7O2. The maximum atomic E-state index is 11.7. The molecule has 0 unspecified atom stereocenters. The van der Waals surface area contributed by atoms with Crippen molar-refractivity contribution in [2.75, 3.05) is 31.2 Å². The van der Waals surface area contributed by atoms with Crippen LogP contribution < -0.4 is 15.8 Å². The summed E-state index contributed by atoms with van der Waals surface area (Å²) < 4.78 is 7.44. The van der Waals surface area contributed by atoms with Crippen molar-refractivity contribution >= 4 is 29.0 Å². The number of nitrogens with two attached hydrogens (primary N) is 1. The Bertz CT molecular complexity index is 1980. The smallest absolute Gasteiger partial charge is 0.165 e. The topological polar surface area (TPSA) is 111 Å². The SMILES string of the molecule is COc1cccc(NC2CCN(Cc3ccc(-n4c(-c5cccnc5N)nc5ccc(-c6ccccc6)nc54)cc3)CC2)c1C=O. The minimum atomic E-state index is 0.297. The number of hydrogen-bond acceptors (Lipinski definition) is 8. The molecule has 0 aliphatic carbocycles. The van der Waals surface area contributed by atoms with E-state index in [1.807, 2.05) is 60.7 Å². The quantitative estimate of drug-likeness (QED) is 0.176. The minimum Gasteiger partial charge on any atom is -0.496 e. The number of anilines is 2. The van der Waals surface area contributed by atoms with Gasteiger partial charge >= 0.3 is 0 Å². The van der Waals surface area contributed by atoms with Gasteiger partial charge in [0, 0.05) is 48.8 Å². The van der Waals surface area contributed by atoms with Gasteiger partial charge in [-0.2, -0.15) is 0 Å². The summed E-state index contributed by atoms with van der Waals surface area (Å²) in [6.07, 6.45) is 4.52. The summed E-state index contributed by atoms with van der Waals surface area (Å²) in [6, 6.07) is 32.5.